The summed E-state index contributed by atoms with van der Waals surface area (Å²) in [6.07, 6.45) is 2.52. The molecule has 12 heavy (non-hydrogen) atoms. The highest BCUT2D eigenvalue weighted by molar-refractivity contribution is 4.77. The van der Waals surface area contributed by atoms with Gasteiger partial charge in [0.25, 0.3) is 0 Å². The standard InChI is InChI=1S/C10H20NO/c1-3-10(4-2)9-11-5-7-12-8-6-11/h9-10H,3-8H2,1-2H3. The molecule has 2 heteroatoms. The molecule has 1 heterocycles. The largest absolute Gasteiger partial charge is 0.379 e. The summed E-state index contributed by atoms with van der Waals surface area (Å²) in [4.78, 5) is 2.40. The van der Waals surface area contributed by atoms with Crippen LogP contribution in [0.2, 0.25) is 0 Å². The van der Waals surface area contributed by atoms with E-state index in [1.807, 2.05) is 0 Å². The van der Waals surface area contributed by atoms with Crippen LogP contribution >= 0.6 is 0 Å². The molecule has 0 atom stereocenters. The van der Waals surface area contributed by atoms with E-state index in [4.69, 9.17) is 4.74 Å². The van der Waals surface area contributed by atoms with Gasteiger partial charge in [0.1, 0.15) is 0 Å². The van der Waals surface area contributed by atoms with Crippen molar-refractivity contribution < 1.29 is 4.74 Å². The van der Waals surface area contributed by atoms with Gasteiger partial charge in [0.05, 0.1) is 13.2 Å². The van der Waals surface area contributed by atoms with Crippen LogP contribution in [0.1, 0.15) is 26.7 Å². The molecule has 0 aromatic carbocycles. The lowest BCUT2D eigenvalue weighted by atomic mass is 10.0. The molecule has 0 bridgehead atoms. The monoisotopic (exact) mass is 170 g/mol. The van der Waals surface area contributed by atoms with E-state index in [1.165, 1.54) is 12.8 Å². The first-order valence-corrected chi connectivity index (χ1v) is 5.03. The lowest BCUT2D eigenvalue weighted by Gasteiger charge is -2.29. The fourth-order valence-electron chi connectivity index (χ4n) is 1.52. The number of rotatable bonds is 4. The molecule has 0 amide bonds. The topological polar surface area (TPSA) is 12.5 Å². The quantitative estimate of drug-likeness (QED) is 0.639. The third kappa shape index (κ3) is 3.11. The van der Waals surface area contributed by atoms with Crippen molar-refractivity contribution in [1.82, 2.24) is 4.90 Å². The van der Waals surface area contributed by atoms with E-state index >= 15 is 0 Å². The number of hydrogen-bond donors (Lipinski definition) is 0. The van der Waals surface area contributed by atoms with Gasteiger partial charge in [-0.15, -0.1) is 0 Å². The van der Waals surface area contributed by atoms with Crippen LogP contribution < -0.4 is 0 Å². The minimum atomic E-state index is 0.767. The van der Waals surface area contributed by atoms with Gasteiger partial charge in [-0.1, -0.05) is 26.7 Å². The van der Waals surface area contributed by atoms with Gasteiger partial charge in [-0.3, -0.25) is 4.90 Å². The van der Waals surface area contributed by atoms with Crippen molar-refractivity contribution >= 4 is 0 Å². The molecule has 2 nitrogen and oxygen atoms in total. The number of morpholine rings is 1. The summed E-state index contributed by atoms with van der Waals surface area (Å²) in [5.41, 5.74) is 0. The van der Waals surface area contributed by atoms with E-state index < -0.39 is 0 Å². The Kier molecular flexibility index (Phi) is 4.62. The van der Waals surface area contributed by atoms with E-state index in [2.05, 4.69) is 25.3 Å². The Balaban J connectivity index is 2.18. The van der Waals surface area contributed by atoms with Crippen LogP contribution in [0.5, 0.6) is 0 Å². The van der Waals surface area contributed by atoms with Gasteiger partial charge in [0, 0.05) is 19.6 Å². The van der Waals surface area contributed by atoms with Crippen molar-refractivity contribution in [3.05, 3.63) is 6.54 Å². The highest BCUT2D eigenvalue weighted by Crippen LogP contribution is 2.15. The molecule has 0 aromatic heterocycles. The normalized spacial score (nSPS) is 20.2. The zero-order valence-corrected chi connectivity index (χ0v) is 8.25. The average Bonchev–Trinajstić information content (AvgIpc) is 2.16. The van der Waals surface area contributed by atoms with E-state index in [9.17, 15) is 0 Å². The fraction of sp³-hybridized carbons (Fsp3) is 0.900. The van der Waals surface area contributed by atoms with Gasteiger partial charge >= 0.3 is 0 Å². The van der Waals surface area contributed by atoms with Gasteiger partial charge < -0.3 is 4.74 Å². The first-order chi connectivity index (χ1) is 5.86. The highest BCUT2D eigenvalue weighted by atomic mass is 16.5. The smallest absolute Gasteiger partial charge is 0.0594 e. The first kappa shape index (κ1) is 10.0. The van der Waals surface area contributed by atoms with Crippen LogP contribution in [0.4, 0.5) is 0 Å². The van der Waals surface area contributed by atoms with Crippen molar-refractivity contribution in [2.45, 2.75) is 26.7 Å². The zero-order chi connectivity index (χ0) is 8.81. The molecule has 0 spiro atoms. The summed E-state index contributed by atoms with van der Waals surface area (Å²) in [5.74, 6) is 0.767. The summed E-state index contributed by atoms with van der Waals surface area (Å²) in [5, 5.41) is 0. The molecule has 1 aliphatic heterocycles. The van der Waals surface area contributed by atoms with Gasteiger partial charge in [-0.05, 0) is 5.92 Å². The van der Waals surface area contributed by atoms with Crippen LogP contribution in [0.25, 0.3) is 0 Å². The first-order valence-electron chi connectivity index (χ1n) is 5.03. The van der Waals surface area contributed by atoms with Crippen molar-refractivity contribution in [1.29, 1.82) is 0 Å². The summed E-state index contributed by atoms with van der Waals surface area (Å²) in [6.45, 7) is 10.9. The molecule has 0 N–H and O–H groups in total. The van der Waals surface area contributed by atoms with Crippen molar-refractivity contribution in [2.75, 3.05) is 26.3 Å². The Labute approximate surface area is 75.9 Å². The second-order valence-corrected chi connectivity index (χ2v) is 3.37. The molecular formula is C10H20NO. The summed E-state index contributed by atoms with van der Waals surface area (Å²) < 4.78 is 5.29. The number of ether oxygens (including phenoxy) is 1. The molecular weight excluding hydrogens is 150 g/mol. The summed E-state index contributed by atoms with van der Waals surface area (Å²) in [7, 11) is 0. The Morgan fingerprint density at radius 2 is 1.83 bits per heavy atom. The number of hydrogen-bond acceptors (Lipinski definition) is 2. The molecule has 1 aliphatic rings. The third-order valence-corrected chi connectivity index (χ3v) is 2.52. The Hall–Kier alpha value is -0.0800. The molecule has 0 aromatic rings. The summed E-state index contributed by atoms with van der Waals surface area (Å²) in [6, 6.07) is 0. The minimum absolute atomic E-state index is 0.767. The molecule has 1 saturated heterocycles. The molecule has 0 saturated carbocycles. The van der Waals surface area contributed by atoms with Crippen LogP contribution in [-0.4, -0.2) is 31.2 Å². The van der Waals surface area contributed by atoms with Gasteiger partial charge in [-0.25, -0.2) is 0 Å². The summed E-state index contributed by atoms with van der Waals surface area (Å²) >= 11 is 0. The van der Waals surface area contributed by atoms with Crippen molar-refractivity contribution in [2.24, 2.45) is 5.92 Å². The van der Waals surface area contributed by atoms with E-state index in [0.29, 0.717) is 0 Å². The Morgan fingerprint density at radius 1 is 1.25 bits per heavy atom. The maximum atomic E-state index is 5.29. The third-order valence-electron chi connectivity index (χ3n) is 2.52. The second kappa shape index (κ2) is 5.55. The van der Waals surface area contributed by atoms with E-state index in [-0.39, 0.29) is 0 Å². The lowest BCUT2D eigenvalue weighted by Crippen LogP contribution is -2.36. The predicted octanol–water partition coefficient (Wildman–Crippen LogP) is 1.92. The predicted molar refractivity (Wildman–Crippen MR) is 50.8 cm³/mol. The lowest BCUT2D eigenvalue weighted by molar-refractivity contribution is 0.0456. The zero-order valence-electron chi connectivity index (χ0n) is 8.25. The Bertz CT molecular complexity index is 106. The van der Waals surface area contributed by atoms with Crippen molar-refractivity contribution in [3.8, 4) is 0 Å². The van der Waals surface area contributed by atoms with Gasteiger partial charge in [-0.2, -0.15) is 0 Å². The fourth-order valence-corrected chi connectivity index (χ4v) is 1.52. The van der Waals surface area contributed by atoms with E-state index in [0.717, 1.165) is 32.2 Å². The van der Waals surface area contributed by atoms with Gasteiger partial charge in [0.15, 0.2) is 0 Å². The average molecular weight is 170 g/mol. The van der Waals surface area contributed by atoms with E-state index in [1.54, 1.807) is 0 Å². The van der Waals surface area contributed by atoms with Crippen LogP contribution in [-0.2, 0) is 4.74 Å². The maximum Gasteiger partial charge on any atom is 0.0594 e. The molecule has 1 fully saturated rings. The Morgan fingerprint density at radius 3 is 2.33 bits per heavy atom. The minimum Gasteiger partial charge on any atom is -0.379 e. The molecule has 71 valence electrons. The van der Waals surface area contributed by atoms with Crippen LogP contribution in [0.15, 0.2) is 0 Å². The molecule has 1 radical (unpaired) electrons. The second-order valence-electron chi connectivity index (χ2n) is 3.37. The van der Waals surface area contributed by atoms with Crippen molar-refractivity contribution in [3.63, 3.8) is 0 Å². The molecule has 0 unspecified atom stereocenters. The molecule has 1 rings (SSSR count). The van der Waals surface area contributed by atoms with Gasteiger partial charge in [0.2, 0.25) is 0 Å². The number of nitrogens with zero attached hydrogens (tertiary/aromatic N) is 1. The SMILES string of the molecule is CCC([CH]N1CCOCC1)CC. The van der Waals surface area contributed by atoms with Crippen LogP contribution in [0.3, 0.4) is 0 Å². The van der Waals surface area contributed by atoms with Crippen LogP contribution in [0, 0.1) is 12.5 Å². The molecule has 0 aliphatic carbocycles. The maximum absolute atomic E-state index is 5.29. The highest BCUT2D eigenvalue weighted by Gasteiger charge is 2.14.